The zero-order valence-electron chi connectivity index (χ0n) is 14.5. The maximum atomic E-state index is 12.1. The molecule has 0 aliphatic rings. The lowest BCUT2D eigenvalue weighted by molar-refractivity contribution is 0.396. The third-order valence-electron chi connectivity index (χ3n) is 3.63. The number of hydrogen-bond donors (Lipinski definition) is 1. The van der Waals surface area contributed by atoms with Crippen LogP contribution in [-0.4, -0.2) is 31.1 Å². The first-order chi connectivity index (χ1) is 12.1. The average Bonchev–Trinajstić information content (AvgIpc) is 2.61. The Morgan fingerprint density at radius 1 is 0.808 bits per heavy atom. The molecule has 0 radical (unpaired) electrons. The Bertz CT molecular complexity index is 971. The van der Waals surface area contributed by atoms with Gasteiger partial charge in [-0.15, -0.1) is 0 Å². The highest BCUT2D eigenvalue weighted by Gasteiger charge is 2.19. The molecule has 0 aliphatic carbocycles. The Kier molecular flexibility index (Phi) is 5.87. The van der Waals surface area contributed by atoms with Crippen LogP contribution in [0.1, 0.15) is 16.7 Å². The van der Waals surface area contributed by atoms with E-state index in [4.69, 9.17) is 5.73 Å². The molecule has 0 spiro atoms. The van der Waals surface area contributed by atoms with Crippen LogP contribution in [0, 0.1) is 6.92 Å². The van der Waals surface area contributed by atoms with Crippen molar-refractivity contribution >= 4 is 38.1 Å². The van der Waals surface area contributed by atoms with Crippen molar-refractivity contribution in [3.63, 3.8) is 0 Å². The van der Waals surface area contributed by atoms with Gasteiger partial charge in [-0.1, -0.05) is 30.4 Å². The molecule has 9 heteroatoms. The fourth-order valence-electron chi connectivity index (χ4n) is 2.26. The molecule has 26 heavy (non-hydrogen) atoms. The van der Waals surface area contributed by atoms with Gasteiger partial charge in [0.15, 0.2) is 0 Å². The summed E-state index contributed by atoms with van der Waals surface area (Å²) in [6, 6.07) is 9.16. The van der Waals surface area contributed by atoms with Crippen LogP contribution in [0.2, 0.25) is 0 Å². The summed E-state index contributed by atoms with van der Waals surface area (Å²) < 4.78 is 57.5. The molecule has 0 saturated heterocycles. The van der Waals surface area contributed by atoms with E-state index in [1.54, 1.807) is 19.1 Å². The summed E-state index contributed by atoms with van der Waals surface area (Å²) in [4.78, 5) is -0.123. The summed E-state index contributed by atoms with van der Waals surface area (Å²) in [6.07, 6.45) is 2.97. The normalized spacial score (nSPS) is 12.6. The predicted octanol–water partition coefficient (Wildman–Crippen LogP) is 2.42. The zero-order valence-corrected chi connectivity index (χ0v) is 16.1. The SMILES string of the molecule is COS(=O)(=O)c1cc(C)ccc1C=Cc1ccc(N)cc1S(=O)(=O)OC. The van der Waals surface area contributed by atoms with Gasteiger partial charge in [0.1, 0.15) is 9.79 Å². The largest absolute Gasteiger partial charge is 0.399 e. The Morgan fingerprint density at radius 2 is 1.27 bits per heavy atom. The lowest BCUT2D eigenvalue weighted by Crippen LogP contribution is -2.06. The third-order valence-corrected chi connectivity index (χ3v) is 6.29. The van der Waals surface area contributed by atoms with Crippen molar-refractivity contribution in [3.8, 4) is 0 Å². The second-order valence-electron chi connectivity index (χ2n) is 5.41. The monoisotopic (exact) mass is 397 g/mol. The summed E-state index contributed by atoms with van der Waals surface area (Å²) >= 11 is 0. The molecule has 0 aliphatic heterocycles. The first kappa shape index (κ1) is 20.1. The lowest BCUT2D eigenvalue weighted by atomic mass is 10.1. The van der Waals surface area contributed by atoms with Gasteiger partial charge >= 0.3 is 0 Å². The summed E-state index contributed by atoms with van der Waals surface area (Å²) in [6.45, 7) is 1.76. The number of nitrogens with two attached hydrogens (primary N) is 1. The highest BCUT2D eigenvalue weighted by molar-refractivity contribution is 7.87. The van der Waals surface area contributed by atoms with Crippen molar-refractivity contribution < 1.29 is 25.2 Å². The second-order valence-corrected chi connectivity index (χ2v) is 8.78. The molecule has 0 bridgehead atoms. The molecular formula is C17H19NO6S2. The smallest absolute Gasteiger partial charge is 0.297 e. The number of nitrogen functional groups attached to an aromatic ring is 1. The van der Waals surface area contributed by atoms with Crippen LogP contribution < -0.4 is 5.73 Å². The summed E-state index contributed by atoms with van der Waals surface area (Å²) in [5.41, 5.74) is 7.33. The van der Waals surface area contributed by atoms with Crippen LogP contribution in [0.3, 0.4) is 0 Å². The van der Waals surface area contributed by atoms with Crippen LogP contribution in [-0.2, 0) is 28.6 Å². The minimum Gasteiger partial charge on any atom is -0.399 e. The van der Waals surface area contributed by atoms with Gasteiger partial charge in [-0.05, 0) is 41.8 Å². The van der Waals surface area contributed by atoms with E-state index >= 15 is 0 Å². The van der Waals surface area contributed by atoms with E-state index in [1.807, 2.05) is 0 Å². The van der Waals surface area contributed by atoms with Gasteiger partial charge in [0.2, 0.25) is 0 Å². The van der Waals surface area contributed by atoms with Gasteiger partial charge in [0, 0.05) is 5.69 Å². The van der Waals surface area contributed by atoms with Crippen molar-refractivity contribution in [2.75, 3.05) is 20.0 Å². The first-order valence-electron chi connectivity index (χ1n) is 7.40. The quantitative estimate of drug-likeness (QED) is 0.452. The van der Waals surface area contributed by atoms with E-state index in [-0.39, 0.29) is 15.5 Å². The molecule has 2 aromatic carbocycles. The number of aryl methyl sites for hydroxylation is 1. The van der Waals surface area contributed by atoms with E-state index < -0.39 is 20.2 Å². The predicted molar refractivity (Wildman–Crippen MR) is 99.4 cm³/mol. The summed E-state index contributed by atoms with van der Waals surface area (Å²) in [5.74, 6) is 0. The van der Waals surface area contributed by atoms with Gasteiger partial charge in [-0.25, -0.2) is 0 Å². The molecule has 7 nitrogen and oxygen atoms in total. The zero-order chi connectivity index (χ0) is 19.5. The highest BCUT2D eigenvalue weighted by Crippen LogP contribution is 2.25. The van der Waals surface area contributed by atoms with Crippen molar-refractivity contribution in [1.82, 2.24) is 0 Å². The molecule has 0 atom stereocenters. The molecule has 2 rings (SSSR count). The molecule has 0 heterocycles. The Morgan fingerprint density at radius 3 is 1.77 bits per heavy atom. The minimum atomic E-state index is -3.98. The number of rotatable bonds is 6. The van der Waals surface area contributed by atoms with E-state index in [2.05, 4.69) is 8.37 Å². The molecule has 0 amide bonds. The maximum Gasteiger partial charge on any atom is 0.297 e. The molecule has 0 aromatic heterocycles. The molecule has 0 fully saturated rings. The Hall–Kier alpha value is -2.20. The van der Waals surface area contributed by atoms with E-state index in [1.165, 1.54) is 36.4 Å². The van der Waals surface area contributed by atoms with Crippen molar-refractivity contribution in [3.05, 3.63) is 53.1 Å². The second kappa shape index (κ2) is 7.58. The Labute approximate surface area is 153 Å². The Balaban J connectivity index is 2.60. The average molecular weight is 397 g/mol. The highest BCUT2D eigenvalue weighted by atomic mass is 32.2. The van der Waals surface area contributed by atoms with Gasteiger partial charge in [-0.2, -0.15) is 16.8 Å². The molecule has 2 N–H and O–H groups in total. The molecule has 0 saturated carbocycles. The molecule has 0 unspecified atom stereocenters. The molecule has 140 valence electrons. The molecule has 2 aromatic rings. The number of anilines is 1. The van der Waals surface area contributed by atoms with Crippen LogP contribution in [0.25, 0.3) is 12.2 Å². The van der Waals surface area contributed by atoms with E-state index in [0.29, 0.717) is 11.1 Å². The molecular weight excluding hydrogens is 378 g/mol. The summed E-state index contributed by atoms with van der Waals surface area (Å²) in [7, 11) is -5.77. The standard InChI is InChI=1S/C17H19NO6S2/c1-12-4-5-13(16(10-12)25(19,20)23-2)6-7-14-8-9-15(18)11-17(14)26(21,22)24-3/h4-11H,18H2,1-3H3. The topological polar surface area (TPSA) is 113 Å². The van der Waals surface area contributed by atoms with Gasteiger partial charge in [0.05, 0.1) is 14.2 Å². The van der Waals surface area contributed by atoms with Gasteiger partial charge in [0.25, 0.3) is 20.2 Å². The minimum absolute atomic E-state index is 0.0113. The maximum absolute atomic E-state index is 12.1. The van der Waals surface area contributed by atoms with Gasteiger partial charge in [-0.3, -0.25) is 8.37 Å². The van der Waals surface area contributed by atoms with Crippen molar-refractivity contribution in [2.24, 2.45) is 0 Å². The van der Waals surface area contributed by atoms with Crippen molar-refractivity contribution in [2.45, 2.75) is 16.7 Å². The van der Waals surface area contributed by atoms with Crippen molar-refractivity contribution in [1.29, 1.82) is 0 Å². The van der Waals surface area contributed by atoms with Crippen LogP contribution in [0.4, 0.5) is 5.69 Å². The first-order valence-corrected chi connectivity index (χ1v) is 10.2. The van der Waals surface area contributed by atoms with Gasteiger partial charge < -0.3 is 5.73 Å². The summed E-state index contributed by atoms with van der Waals surface area (Å²) in [5, 5.41) is 0. The third kappa shape index (κ3) is 4.31. The fourth-order valence-corrected chi connectivity index (χ4v) is 4.08. The number of benzene rings is 2. The lowest BCUT2D eigenvalue weighted by Gasteiger charge is -2.09. The fraction of sp³-hybridized carbons (Fsp3) is 0.176. The van der Waals surface area contributed by atoms with Crippen LogP contribution in [0.5, 0.6) is 0 Å². The van der Waals surface area contributed by atoms with E-state index in [0.717, 1.165) is 19.8 Å². The van der Waals surface area contributed by atoms with E-state index in [9.17, 15) is 16.8 Å². The van der Waals surface area contributed by atoms with Crippen LogP contribution >= 0.6 is 0 Å². The number of hydrogen-bond acceptors (Lipinski definition) is 7. The van der Waals surface area contributed by atoms with Crippen LogP contribution in [0.15, 0.2) is 46.2 Å².